The molecule has 3 rings (SSSR count). The highest BCUT2D eigenvalue weighted by Crippen LogP contribution is 2.45. The zero-order chi connectivity index (χ0) is 11.7. The van der Waals surface area contributed by atoms with Gasteiger partial charge in [0.25, 0.3) is 0 Å². The molecule has 0 bridgehead atoms. The number of halogens is 1. The fourth-order valence-corrected chi connectivity index (χ4v) is 5.10. The van der Waals surface area contributed by atoms with Crippen LogP contribution in [0.4, 0.5) is 0 Å². The van der Waals surface area contributed by atoms with Crippen molar-refractivity contribution in [3.05, 3.63) is 0 Å². The van der Waals surface area contributed by atoms with Crippen molar-refractivity contribution in [1.29, 1.82) is 0 Å². The Kier molecular flexibility index (Phi) is 3.82. The molecule has 0 radical (unpaired) electrons. The molecule has 2 heteroatoms. The van der Waals surface area contributed by atoms with Crippen LogP contribution in [0.2, 0.25) is 0 Å². The topological polar surface area (TPSA) is 3.24 Å². The van der Waals surface area contributed by atoms with E-state index in [4.69, 9.17) is 0 Å². The average molecular weight is 300 g/mol. The van der Waals surface area contributed by atoms with Gasteiger partial charge in [0.1, 0.15) is 0 Å². The lowest BCUT2D eigenvalue weighted by atomic mass is 9.70. The summed E-state index contributed by atoms with van der Waals surface area (Å²) < 4.78 is 0. The molecule has 17 heavy (non-hydrogen) atoms. The second kappa shape index (κ2) is 5.21. The molecule has 1 aliphatic heterocycles. The molecule has 98 valence electrons. The minimum atomic E-state index is 0.654. The summed E-state index contributed by atoms with van der Waals surface area (Å²) in [6, 6.07) is 0.953. The van der Waals surface area contributed by atoms with E-state index in [0.717, 1.165) is 12.0 Å². The molecule has 2 saturated carbocycles. The first kappa shape index (κ1) is 12.5. The smallest absolute Gasteiger partial charge is 0.0124 e. The van der Waals surface area contributed by atoms with Gasteiger partial charge in [-0.1, -0.05) is 35.2 Å². The SMILES string of the molecule is BrCC1(CN2CCCC2C2CCCC2)CCC1. The lowest BCUT2D eigenvalue weighted by Crippen LogP contribution is -2.46. The molecule has 1 atom stereocenters. The summed E-state index contributed by atoms with van der Waals surface area (Å²) in [5, 5.41) is 1.23. The first-order valence-corrected chi connectivity index (χ1v) is 8.75. The normalized spacial score (nSPS) is 34.1. The summed E-state index contributed by atoms with van der Waals surface area (Å²) in [7, 11) is 0. The van der Waals surface area contributed by atoms with Gasteiger partial charge in [0.2, 0.25) is 0 Å². The maximum atomic E-state index is 3.77. The van der Waals surface area contributed by atoms with Crippen LogP contribution >= 0.6 is 15.9 Å². The highest BCUT2D eigenvalue weighted by atomic mass is 79.9. The highest BCUT2D eigenvalue weighted by molar-refractivity contribution is 9.09. The first-order valence-electron chi connectivity index (χ1n) is 7.63. The van der Waals surface area contributed by atoms with Gasteiger partial charge in [-0.2, -0.15) is 0 Å². The van der Waals surface area contributed by atoms with Crippen molar-refractivity contribution in [3.63, 3.8) is 0 Å². The molecule has 0 amide bonds. The van der Waals surface area contributed by atoms with Crippen molar-refractivity contribution in [2.24, 2.45) is 11.3 Å². The maximum Gasteiger partial charge on any atom is 0.0124 e. The summed E-state index contributed by atoms with van der Waals surface area (Å²) in [5.41, 5.74) is 0.654. The third-order valence-corrected chi connectivity index (χ3v) is 6.78. The van der Waals surface area contributed by atoms with Gasteiger partial charge >= 0.3 is 0 Å². The summed E-state index contributed by atoms with van der Waals surface area (Å²) in [4.78, 5) is 2.87. The molecule has 1 heterocycles. The molecule has 0 aromatic rings. The van der Waals surface area contributed by atoms with Gasteiger partial charge in [0, 0.05) is 17.9 Å². The van der Waals surface area contributed by atoms with Gasteiger partial charge in [-0.3, -0.25) is 4.90 Å². The second-order valence-electron chi connectivity index (χ2n) is 6.71. The molecule has 1 nitrogen and oxygen atoms in total. The van der Waals surface area contributed by atoms with Gasteiger partial charge in [-0.15, -0.1) is 0 Å². The fraction of sp³-hybridized carbons (Fsp3) is 1.00. The summed E-state index contributed by atoms with van der Waals surface area (Å²) >= 11 is 3.77. The number of alkyl halides is 1. The Hall–Kier alpha value is 0.440. The average Bonchev–Trinajstić information content (AvgIpc) is 2.93. The van der Waals surface area contributed by atoms with E-state index in [9.17, 15) is 0 Å². The van der Waals surface area contributed by atoms with E-state index >= 15 is 0 Å². The minimum absolute atomic E-state index is 0.654. The van der Waals surface area contributed by atoms with Crippen LogP contribution in [-0.4, -0.2) is 29.4 Å². The lowest BCUT2D eigenvalue weighted by molar-refractivity contribution is 0.0682. The van der Waals surface area contributed by atoms with E-state index in [0.29, 0.717) is 5.41 Å². The molecule has 1 saturated heterocycles. The fourth-order valence-electron chi connectivity index (χ4n) is 4.37. The van der Waals surface area contributed by atoms with Gasteiger partial charge in [0.05, 0.1) is 0 Å². The number of likely N-dealkylation sites (tertiary alicyclic amines) is 1. The molecular formula is C15H26BrN. The van der Waals surface area contributed by atoms with Crippen LogP contribution in [0.1, 0.15) is 57.8 Å². The van der Waals surface area contributed by atoms with E-state index in [1.807, 2.05) is 0 Å². The van der Waals surface area contributed by atoms with Crippen molar-refractivity contribution in [1.82, 2.24) is 4.90 Å². The third-order valence-electron chi connectivity index (χ3n) is 5.59. The molecule has 3 fully saturated rings. The van der Waals surface area contributed by atoms with Crippen LogP contribution < -0.4 is 0 Å². The monoisotopic (exact) mass is 299 g/mol. The minimum Gasteiger partial charge on any atom is -0.300 e. The van der Waals surface area contributed by atoms with Gasteiger partial charge in [0.15, 0.2) is 0 Å². The first-order chi connectivity index (χ1) is 8.33. The molecule has 0 spiro atoms. The zero-order valence-corrected chi connectivity index (χ0v) is 12.6. The maximum absolute atomic E-state index is 3.77. The zero-order valence-electron chi connectivity index (χ0n) is 11.0. The second-order valence-corrected chi connectivity index (χ2v) is 7.27. The highest BCUT2D eigenvalue weighted by Gasteiger charge is 2.41. The van der Waals surface area contributed by atoms with Crippen molar-refractivity contribution >= 4 is 15.9 Å². The third kappa shape index (κ3) is 2.45. The number of nitrogens with zero attached hydrogens (tertiary/aromatic N) is 1. The number of hydrogen-bond acceptors (Lipinski definition) is 1. The largest absolute Gasteiger partial charge is 0.300 e. The summed E-state index contributed by atoms with van der Waals surface area (Å²) in [6.07, 6.45) is 13.4. The van der Waals surface area contributed by atoms with Crippen molar-refractivity contribution in [2.75, 3.05) is 18.4 Å². The Balaban J connectivity index is 1.61. The van der Waals surface area contributed by atoms with E-state index in [1.165, 1.54) is 76.2 Å². The molecule has 2 aliphatic carbocycles. The van der Waals surface area contributed by atoms with Gasteiger partial charge in [-0.25, -0.2) is 0 Å². The molecule has 0 aromatic heterocycles. The van der Waals surface area contributed by atoms with E-state index < -0.39 is 0 Å². The quantitative estimate of drug-likeness (QED) is 0.703. The van der Waals surface area contributed by atoms with Crippen LogP contribution in [-0.2, 0) is 0 Å². The Morgan fingerprint density at radius 2 is 1.76 bits per heavy atom. The molecule has 1 unspecified atom stereocenters. The van der Waals surface area contributed by atoms with Gasteiger partial charge < -0.3 is 0 Å². The number of rotatable bonds is 4. The van der Waals surface area contributed by atoms with Crippen LogP contribution in [0.15, 0.2) is 0 Å². The molecule has 3 aliphatic rings. The number of hydrogen-bond donors (Lipinski definition) is 0. The Morgan fingerprint density at radius 3 is 2.35 bits per heavy atom. The van der Waals surface area contributed by atoms with E-state index in [-0.39, 0.29) is 0 Å². The van der Waals surface area contributed by atoms with E-state index in [1.54, 1.807) is 0 Å². The Morgan fingerprint density at radius 1 is 1.00 bits per heavy atom. The van der Waals surface area contributed by atoms with Gasteiger partial charge in [-0.05, 0) is 56.4 Å². The summed E-state index contributed by atoms with van der Waals surface area (Å²) in [5.74, 6) is 1.05. The van der Waals surface area contributed by atoms with Crippen LogP contribution in [0.3, 0.4) is 0 Å². The predicted molar refractivity (Wildman–Crippen MR) is 76.6 cm³/mol. The Labute approximate surface area is 114 Å². The Bertz CT molecular complexity index is 250. The standard InChI is InChI=1S/C15H26BrN/c16-11-15(8-4-9-15)12-17-10-3-7-14(17)13-5-1-2-6-13/h13-14H,1-12H2. The molecule has 0 N–H and O–H groups in total. The molecular weight excluding hydrogens is 274 g/mol. The molecule has 0 aromatic carbocycles. The van der Waals surface area contributed by atoms with Crippen LogP contribution in [0, 0.1) is 11.3 Å². The summed E-state index contributed by atoms with van der Waals surface area (Å²) in [6.45, 7) is 2.77. The van der Waals surface area contributed by atoms with E-state index in [2.05, 4.69) is 20.8 Å². The lowest BCUT2D eigenvalue weighted by Gasteiger charge is -2.45. The van der Waals surface area contributed by atoms with Crippen molar-refractivity contribution in [2.45, 2.75) is 63.8 Å². The van der Waals surface area contributed by atoms with Crippen molar-refractivity contribution < 1.29 is 0 Å². The predicted octanol–water partition coefficient (Wildman–Crippen LogP) is 4.21. The van der Waals surface area contributed by atoms with Crippen LogP contribution in [0.5, 0.6) is 0 Å². The van der Waals surface area contributed by atoms with Crippen LogP contribution in [0.25, 0.3) is 0 Å². The van der Waals surface area contributed by atoms with Crippen molar-refractivity contribution in [3.8, 4) is 0 Å².